The van der Waals surface area contributed by atoms with Gasteiger partial charge in [0.05, 0.1) is 12.1 Å². The lowest BCUT2D eigenvalue weighted by molar-refractivity contribution is -0.120. The second-order valence-corrected chi connectivity index (χ2v) is 4.41. The molecule has 1 aliphatic rings. The van der Waals surface area contributed by atoms with E-state index in [2.05, 4.69) is 21.9 Å². The molecule has 19 heavy (non-hydrogen) atoms. The molecular formula is C14H24N2O3. The molecule has 0 saturated heterocycles. The van der Waals surface area contributed by atoms with Gasteiger partial charge in [0.1, 0.15) is 12.9 Å². The molecule has 0 heterocycles. The van der Waals surface area contributed by atoms with Crippen molar-refractivity contribution in [3.05, 3.63) is 12.7 Å². The summed E-state index contributed by atoms with van der Waals surface area (Å²) < 4.78 is 0. The van der Waals surface area contributed by atoms with Crippen LogP contribution in [0.25, 0.3) is 0 Å². The number of Topliss-reactive ketones (excluding diaryl/α,β-unsaturated/α-hetero) is 1. The van der Waals surface area contributed by atoms with Crippen LogP contribution in [0.1, 0.15) is 39.0 Å². The summed E-state index contributed by atoms with van der Waals surface area (Å²) in [6.07, 6.45) is 6.52. The molecule has 108 valence electrons. The summed E-state index contributed by atoms with van der Waals surface area (Å²) in [4.78, 5) is 25.9. The fourth-order valence-electron chi connectivity index (χ4n) is 1.84. The first-order valence-corrected chi connectivity index (χ1v) is 6.48. The van der Waals surface area contributed by atoms with E-state index in [1.807, 2.05) is 0 Å². The molecule has 0 aromatic heterocycles. The van der Waals surface area contributed by atoms with Crippen LogP contribution in [0.4, 0.5) is 0 Å². The van der Waals surface area contributed by atoms with Crippen molar-refractivity contribution < 1.29 is 14.4 Å². The van der Waals surface area contributed by atoms with E-state index in [1.165, 1.54) is 26.0 Å². The van der Waals surface area contributed by atoms with Crippen LogP contribution < -0.4 is 5.32 Å². The molecule has 0 aromatic rings. The van der Waals surface area contributed by atoms with Gasteiger partial charge in [0, 0.05) is 13.0 Å². The highest BCUT2D eigenvalue weighted by atomic mass is 16.6. The zero-order valence-electron chi connectivity index (χ0n) is 12.1. The van der Waals surface area contributed by atoms with E-state index in [-0.39, 0.29) is 12.3 Å². The van der Waals surface area contributed by atoms with E-state index >= 15 is 0 Å². The van der Waals surface area contributed by atoms with Gasteiger partial charge in [0.15, 0.2) is 0 Å². The maximum Gasteiger partial charge on any atom is 0.225 e. The number of allylic oxidation sites excluding steroid dienone is 1. The third kappa shape index (κ3) is 8.13. The van der Waals surface area contributed by atoms with Gasteiger partial charge < -0.3 is 10.2 Å². The van der Waals surface area contributed by atoms with Crippen LogP contribution in [0, 0.1) is 5.92 Å². The lowest BCUT2D eigenvalue weighted by atomic mass is 10.0. The average molecular weight is 268 g/mol. The molecular weight excluding hydrogens is 244 g/mol. The second kappa shape index (κ2) is 10.3. The Labute approximate surface area is 115 Å². The van der Waals surface area contributed by atoms with Gasteiger partial charge >= 0.3 is 0 Å². The molecule has 0 aromatic carbocycles. The van der Waals surface area contributed by atoms with Gasteiger partial charge in [-0.25, -0.2) is 0 Å². The second-order valence-electron chi connectivity index (χ2n) is 4.41. The molecule has 0 aliphatic heterocycles. The predicted molar refractivity (Wildman–Crippen MR) is 76.0 cm³/mol. The van der Waals surface area contributed by atoms with Crippen LogP contribution in [-0.4, -0.2) is 31.6 Å². The third-order valence-corrected chi connectivity index (χ3v) is 2.99. The highest BCUT2D eigenvalue weighted by molar-refractivity contribution is 6.06. The fourth-order valence-corrected chi connectivity index (χ4v) is 1.84. The summed E-state index contributed by atoms with van der Waals surface area (Å²) >= 11 is 0. The molecule has 5 nitrogen and oxygen atoms in total. The SMILES string of the molecule is C=C/C(CC(=O)NC)=N\OC.CC(=O)C1CCCC1. The number of carbonyl (C=O) groups is 2. The first-order valence-electron chi connectivity index (χ1n) is 6.48. The largest absolute Gasteiger partial charge is 0.399 e. The minimum absolute atomic E-state index is 0.110. The topological polar surface area (TPSA) is 67.8 Å². The van der Waals surface area contributed by atoms with E-state index in [0.29, 0.717) is 17.4 Å². The summed E-state index contributed by atoms with van der Waals surface area (Å²) in [6.45, 7) is 5.18. The van der Waals surface area contributed by atoms with E-state index in [0.717, 1.165) is 12.8 Å². The quantitative estimate of drug-likeness (QED) is 0.613. The van der Waals surface area contributed by atoms with E-state index in [1.54, 1.807) is 14.0 Å². The van der Waals surface area contributed by atoms with Gasteiger partial charge in [-0.2, -0.15) is 0 Å². The zero-order chi connectivity index (χ0) is 14.7. The maximum atomic E-state index is 10.8. The number of rotatable bonds is 5. The van der Waals surface area contributed by atoms with Gasteiger partial charge in [-0.15, -0.1) is 0 Å². The molecule has 0 radical (unpaired) electrons. The summed E-state index contributed by atoms with van der Waals surface area (Å²) in [6, 6.07) is 0. The number of nitrogens with one attached hydrogen (secondary N) is 1. The Balaban J connectivity index is 0.000000356. The lowest BCUT2D eigenvalue weighted by Crippen LogP contribution is -2.20. The van der Waals surface area contributed by atoms with Gasteiger partial charge in [-0.3, -0.25) is 9.59 Å². The summed E-state index contributed by atoms with van der Waals surface area (Å²) in [5.74, 6) is 0.707. The molecule has 1 rings (SSSR count). The van der Waals surface area contributed by atoms with Crippen LogP contribution in [0.5, 0.6) is 0 Å². The first kappa shape index (κ1) is 17.4. The van der Waals surface area contributed by atoms with Crippen molar-refractivity contribution in [2.24, 2.45) is 11.1 Å². The minimum atomic E-state index is -0.110. The van der Waals surface area contributed by atoms with Crippen molar-refractivity contribution in [1.82, 2.24) is 5.32 Å². The number of amides is 1. The van der Waals surface area contributed by atoms with Gasteiger partial charge in [0.2, 0.25) is 5.91 Å². The highest BCUT2D eigenvalue weighted by Crippen LogP contribution is 2.24. The molecule has 1 N–H and O–H groups in total. The third-order valence-electron chi connectivity index (χ3n) is 2.99. The maximum absolute atomic E-state index is 10.8. The molecule has 0 unspecified atom stereocenters. The molecule has 1 fully saturated rings. The number of nitrogens with zero attached hydrogens (tertiary/aromatic N) is 1. The average Bonchev–Trinajstić information content (AvgIpc) is 2.92. The number of carbonyl (C=O) groups excluding carboxylic acids is 2. The Morgan fingerprint density at radius 3 is 2.32 bits per heavy atom. The summed E-state index contributed by atoms with van der Waals surface area (Å²) in [5.41, 5.74) is 0.520. The van der Waals surface area contributed by atoms with Gasteiger partial charge in [0.25, 0.3) is 0 Å². The van der Waals surface area contributed by atoms with E-state index in [4.69, 9.17) is 0 Å². The van der Waals surface area contributed by atoms with Crippen molar-refractivity contribution >= 4 is 17.4 Å². The van der Waals surface area contributed by atoms with Crippen LogP contribution in [-0.2, 0) is 14.4 Å². The van der Waals surface area contributed by atoms with Gasteiger partial charge in [-0.05, 0) is 25.8 Å². The number of hydrogen-bond acceptors (Lipinski definition) is 4. The highest BCUT2D eigenvalue weighted by Gasteiger charge is 2.18. The van der Waals surface area contributed by atoms with Crippen LogP contribution in [0.3, 0.4) is 0 Å². The van der Waals surface area contributed by atoms with E-state index < -0.39 is 0 Å². The Bertz CT molecular complexity index is 332. The van der Waals surface area contributed by atoms with Crippen molar-refractivity contribution in [2.45, 2.75) is 39.0 Å². The minimum Gasteiger partial charge on any atom is -0.399 e. The fraction of sp³-hybridized carbons (Fsp3) is 0.643. The molecule has 0 spiro atoms. The first-order chi connectivity index (χ1) is 9.04. The van der Waals surface area contributed by atoms with Crippen molar-refractivity contribution in [3.63, 3.8) is 0 Å². The van der Waals surface area contributed by atoms with Crippen LogP contribution in [0.15, 0.2) is 17.8 Å². The monoisotopic (exact) mass is 268 g/mol. The Morgan fingerprint density at radius 2 is 2.00 bits per heavy atom. The number of oxime groups is 1. The summed E-state index contributed by atoms with van der Waals surface area (Å²) in [5, 5.41) is 6.03. The molecule has 1 saturated carbocycles. The Kier molecular flexibility index (Phi) is 9.40. The summed E-state index contributed by atoms with van der Waals surface area (Å²) in [7, 11) is 2.99. The molecule has 0 bridgehead atoms. The van der Waals surface area contributed by atoms with Gasteiger partial charge in [-0.1, -0.05) is 24.6 Å². The van der Waals surface area contributed by atoms with Crippen molar-refractivity contribution in [1.29, 1.82) is 0 Å². The molecule has 5 heteroatoms. The van der Waals surface area contributed by atoms with E-state index in [9.17, 15) is 9.59 Å². The molecule has 0 atom stereocenters. The normalized spacial score (nSPS) is 15.2. The standard InChI is InChI=1S/C7H12N2O2.C7H12O/c1-4-6(9-11-3)5-7(10)8-2;1-6(8)7-4-2-3-5-7/h4H,1,5H2,2-3H3,(H,8,10);7H,2-5H2,1H3/b9-6+;. The smallest absolute Gasteiger partial charge is 0.225 e. The van der Waals surface area contributed by atoms with Crippen molar-refractivity contribution in [2.75, 3.05) is 14.2 Å². The molecule has 1 amide bonds. The number of hydrogen-bond donors (Lipinski definition) is 1. The molecule has 1 aliphatic carbocycles. The lowest BCUT2D eigenvalue weighted by Gasteiger charge is -1.99. The van der Waals surface area contributed by atoms with Crippen molar-refractivity contribution in [3.8, 4) is 0 Å². The Hall–Kier alpha value is -1.65. The predicted octanol–water partition coefficient (Wildman–Crippen LogP) is 2.08. The number of ketones is 1. The van der Waals surface area contributed by atoms with Crippen LogP contribution in [0.2, 0.25) is 0 Å². The Morgan fingerprint density at radius 1 is 1.42 bits per heavy atom. The zero-order valence-corrected chi connectivity index (χ0v) is 12.1. The van der Waals surface area contributed by atoms with Crippen LogP contribution >= 0.6 is 0 Å².